The van der Waals surface area contributed by atoms with E-state index in [0.29, 0.717) is 43.1 Å². The fourth-order valence-corrected chi connectivity index (χ4v) is 4.31. The second-order valence-corrected chi connectivity index (χ2v) is 9.97. The van der Waals surface area contributed by atoms with Gasteiger partial charge in [0.1, 0.15) is 17.2 Å². The predicted octanol–water partition coefficient (Wildman–Crippen LogP) is 4.52. The molecule has 0 unspecified atom stereocenters. The molecule has 0 atom stereocenters. The van der Waals surface area contributed by atoms with Crippen LogP contribution in [0.15, 0.2) is 53.6 Å². The summed E-state index contributed by atoms with van der Waals surface area (Å²) in [4.78, 5) is 21.1. The summed E-state index contributed by atoms with van der Waals surface area (Å²) in [5.74, 6) is -1.30. The van der Waals surface area contributed by atoms with Crippen LogP contribution in [-0.4, -0.2) is 65.2 Å². The van der Waals surface area contributed by atoms with Crippen LogP contribution < -0.4 is 5.32 Å². The van der Waals surface area contributed by atoms with Crippen molar-refractivity contribution in [2.45, 2.75) is 33.2 Å². The molecule has 4 rings (SSSR count). The first-order chi connectivity index (χ1) is 17.5. The maximum Gasteiger partial charge on any atom is 0.262 e. The zero-order valence-corrected chi connectivity index (χ0v) is 21.8. The summed E-state index contributed by atoms with van der Waals surface area (Å²) in [6.07, 6.45) is 6.72. The number of nitrogens with one attached hydrogen (secondary N) is 1. The molecule has 1 saturated heterocycles. The predicted molar refractivity (Wildman–Crippen MR) is 140 cm³/mol. The van der Waals surface area contributed by atoms with Crippen molar-refractivity contribution in [2.24, 2.45) is 4.99 Å². The molecule has 0 radical (unpaired) electrons. The van der Waals surface area contributed by atoms with Crippen LogP contribution in [0.5, 0.6) is 0 Å². The number of nitrogens with zero attached hydrogens (tertiary/aromatic N) is 5. The molecule has 1 fully saturated rings. The molecule has 0 bridgehead atoms. The van der Waals surface area contributed by atoms with Crippen molar-refractivity contribution < 1.29 is 18.3 Å². The van der Waals surface area contributed by atoms with E-state index in [1.54, 1.807) is 47.1 Å². The number of allylic oxidation sites excluding steroid dienone is 3. The lowest BCUT2D eigenvalue weighted by Gasteiger charge is -2.38. The molecule has 2 aliphatic rings. The van der Waals surface area contributed by atoms with E-state index in [1.165, 1.54) is 6.07 Å². The molecule has 2 aromatic rings. The van der Waals surface area contributed by atoms with Gasteiger partial charge in [0.05, 0.1) is 37.0 Å². The summed E-state index contributed by atoms with van der Waals surface area (Å²) in [6, 6.07) is 2.91. The minimum Gasteiger partial charge on any atom is -0.378 e. The van der Waals surface area contributed by atoms with E-state index in [1.807, 2.05) is 17.1 Å². The van der Waals surface area contributed by atoms with E-state index in [-0.39, 0.29) is 11.3 Å². The summed E-state index contributed by atoms with van der Waals surface area (Å²) >= 11 is 0. The van der Waals surface area contributed by atoms with Gasteiger partial charge in [0.2, 0.25) is 5.95 Å². The monoisotopic (exact) mass is 510 g/mol. The number of benzene rings is 1. The standard InChI is InChI=1S/C27H32F2N6O2/c1-17-11-22(28)23(32-26(36)21-15-31-35(25(21)29)27(3,4)5)14-20(17)19-12-18(2)34(16-30-6)24(13-19)33-7-9-37-10-8-33/h11-16H,2,7-10H2,1,3-6H3,(H,32,36). The van der Waals surface area contributed by atoms with E-state index in [4.69, 9.17) is 4.74 Å². The molecule has 1 aromatic carbocycles. The lowest BCUT2D eigenvalue weighted by atomic mass is 9.96. The number of hydrogen-bond acceptors (Lipinski definition) is 5. The summed E-state index contributed by atoms with van der Waals surface area (Å²) in [5.41, 5.74) is 1.91. The quantitative estimate of drug-likeness (QED) is 0.473. The highest BCUT2D eigenvalue weighted by Crippen LogP contribution is 2.34. The van der Waals surface area contributed by atoms with Gasteiger partial charge >= 0.3 is 0 Å². The maximum atomic E-state index is 14.9. The number of aromatic nitrogens is 2. The van der Waals surface area contributed by atoms with Crippen molar-refractivity contribution in [3.8, 4) is 0 Å². The van der Waals surface area contributed by atoms with Gasteiger partial charge < -0.3 is 15.0 Å². The second kappa shape index (κ2) is 10.3. The Bertz CT molecular complexity index is 1310. The van der Waals surface area contributed by atoms with Crippen molar-refractivity contribution in [1.82, 2.24) is 19.6 Å². The number of aryl methyl sites for hydroxylation is 1. The summed E-state index contributed by atoms with van der Waals surface area (Å²) < 4.78 is 36.4. The highest BCUT2D eigenvalue weighted by Gasteiger charge is 2.27. The molecule has 10 heteroatoms. The zero-order valence-electron chi connectivity index (χ0n) is 21.8. The Balaban J connectivity index is 1.69. The third kappa shape index (κ3) is 5.34. The van der Waals surface area contributed by atoms with Crippen LogP contribution in [0, 0.1) is 18.7 Å². The van der Waals surface area contributed by atoms with Gasteiger partial charge in [-0.1, -0.05) is 6.58 Å². The van der Waals surface area contributed by atoms with Crippen LogP contribution in [0.3, 0.4) is 0 Å². The number of morpholine rings is 1. The second-order valence-electron chi connectivity index (χ2n) is 9.97. The van der Waals surface area contributed by atoms with Gasteiger partial charge in [-0.15, -0.1) is 0 Å². The first-order valence-electron chi connectivity index (χ1n) is 12.0. The molecule has 0 aliphatic carbocycles. The van der Waals surface area contributed by atoms with Crippen LogP contribution in [0.4, 0.5) is 14.5 Å². The maximum absolute atomic E-state index is 14.9. The molecule has 1 N–H and O–H groups in total. The molecular formula is C27H32F2N6O2. The molecule has 196 valence electrons. The minimum absolute atomic E-state index is 0.0566. The molecule has 3 heterocycles. The number of hydrogen-bond donors (Lipinski definition) is 1. The molecule has 0 spiro atoms. The highest BCUT2D eigenvalue weighted by atomic mass is 19.1. The molecule has 0 saturated carbocycles. The van der Waals surface area contributed by atoms with E-state index >= 15 is 0 Å². The molecule has 37 heavy (non-hydrogen) atoms. The molecule has 2 aliphatic heterocycles. The van der Waals surface area contributed by atoms with E-state index in [9.17, 15) is 13.6 Å². The number of ether oxygens (including phenoxy) is 1. The summed E-state index contributed by atoms with van der Waals surface area (Å²) in [7, 11) is 1.69. The molecule has 8 nitrogen and oxygen atoms in total. The number of aliphatic imine (C=N–C) groups is 1. The van der Waals surface area contributed by atoms with Gasteiger partial charge in [-0.25, -0.2) is 9.07 Å². The van der Waals surface area contributed by atoms with Crippen molar-refractivity contribution in [3.05, 3.63) is 77.0 Å². The summed E-state index contributed by atoms with van der Waals surface area (Å²) in [5, 5.41) is 6.51. The summed E-state index contributed by atoms with van der Waals surface area (Å²) in [6.45, 7) is 13.9. The zero-order chi connectivity index (χ0) is 26.9. The normalized spacial score (nSPS) is 16.8. The van der Waals surface area contributed by atoms with Gasteiger partial charge in [-0.05, 0) is 68.7 Å². The molecular weight excluding hydrogens is 478 g/mol. The minimum atomic E-state index is -0.779. The Morgan fingerprint density at radius 1 is 1.22 bits per heavy atom. The van der Waals surface area contributed by atoms with Gasteiger partial charge in [0, 0.05) is 25.8 Å². The number of halogens is 2. The van der Waals surface area contributed by atoms with Crippen molar-refractivity contribution in [1.29, 1.82) is 0 Å². The number of carbonyl (C=O) groups excluding carboxylic acids is 1. The van der Waals surface area contributed by atoms with Crippen LogP contribution in [0.25, 0.3) is 5.57 Å². The van der Waals surface area contributed by atoms with Crippen molar-refractivity contribution >= 4 is 23.5 Å². The van der Waals surface area contributed by atoms with Crippen molar-refractivity contribution in [3.63, 3.8) is 0 Å². The number of amides is 1. The van der Waals surface area contributed by atoms with E-state index in [0.717, 1.165) is 22.3 Å². The molecule has 1 aromatic heterocycles. The van der Waals surface area contributed by atoms with Crippen LogP contribution in [-0.2, 0) is 10.3 Å². The van der Waals surface area contributed by atoms with E-state index in [2.05, 4.69) is 26.9 Å². The fourth-order valence-electron chi connectivity index (χ4n) is 4.31. The Kier molecular flexibility index (Phi) is 7.31. The first-order valence-corrected chi connectivity index (χ1v) is 12.0. The first kappa shape index (κ1) is 26.3. The van der Waals surface area contributed by atoms with Gasteiger partial charge in [-0.3, -0.25) is 14.7 Å². The SMILES string of the molecule is C=C1C=C(c2cc(NC(=O)c3cnn(C(C)(C)C)c3F)c(F)cc2C)C=C(N2CCOCC2)N1C=NC. The number of carbonyl (C=O) groups is 1. The Morgan fingerprint density at radius 3 is 2.54 bits per heavy atom. The van der Waals surface area contributed by atoms with Crippen molar-refractivity contribution in [2.75, 3.05) is 38.7 Å². The fraction of sp³-hybridized carbons (Fsp3) is 0.370. The Morgan fingerprint density at radius 2 is 1.92 bits per heavy atom. The Hall–Kier alpha value is -3.79. The van der Waals surface area contributed by atoms with Crippen LogP contribution in [0.1, 0.15) is 42.3 Å². The third-order valence-corrected chi connectivity index (χ3v) is 6.19. The lowest BCUT2D eigenvalue weighted by molar-refractivity contribution is 0.0459. The van der Waals surface area contributed by atoms with Gasteiger partial charge in [-0.2, -0.15) is 9.49 Å². The van der Waals surface area contributed by atoms with Gasteiger partial charge in [0.15, 0.2) is 0 Å². The Labute approximate surface area is 215 Å². The highest BCUT2D eigenvalue weighted by molar-refractivity contribution is 6.04. The smallest absolute Gasteiger partial charge is 0.262 e. The average Bonchev–Trinajstić information content (AvgIpc) is 3.24. The van der Waals surface area contributed by atoms with Gasteiger partial charge in [0.25, 0.3) is 5.91 Å². The topological polar surface area (TPSA) is 75.0 Å². The number of rotatable bonds is 5. The van der Waals surface area contributed by atoms with Crippen LogP contribution in [0.2, 0.25) is 0 Å². The largest absolute Gasteiger partial charge is 0.378 e. The third-order valence-electron chi connectivity index (χ3n) is 6.19. The average molecular weight is 511 g/mol. The molecule has 1 amide bonds. The van der Waals surface area contributed by atoms with Crippen LogP contribution >= 0.6 is 0 Å². The lowest BCUT2D eigenvalue weighted by Crippen LogP contribution is -2.42. The number of anilines is 1. The van der Waals surface area contributed by atoms with E-state index < -0.39 is 23.2 Å².